The maximum absolute atomic E-state index is 10.8. The van der Waals surface area contributed by atoms with Gasteiger partial charge in [-0.05, 0) is 49.9 Å². The zero-order valence-corrected chi connectivity index (χ0v) is 19.5. The first kappa shape index (κ1) is 22.0. The lowest BCUT2D eigenvalue weighted by Crippen LogP contribution is -2.23. The Morgan fingerprint density at radius 2 is 0.933 bits per heavy atom. The van der Waals surface area contributed by atoms with E-state index in [1.165, 1.54) is 0 Å². The fourth-order valence-electron chi connectivity index (χ4n) is 4.48. The average Bonchev–Trinajstić information content (AvgIpc) is 2.67. The van der Waals surface area contributed by atoms with E-state index in [-0.39, 0.29) is 10.8 Å². The molecule has 0 unspecified atom stereocenters. The maximum atomic E-state index is 10.8. The summed E-state index contributed by atoms with van der Waals surface area (Å²) in [6, 6.07) is 16.7. The van der Waals surface area contributed by atoms with E-state index in [4.69, 9.17) is 0 Å². The van der Waals surface area contributed by atoms with Gasteiger partial charge in [0.2, 0.25) is 0 Å². The normalized spacial score (nSPS) is 12.3. The number of rotatable bonds is 4. The number of phenols is 2. The fraction of sp³-hybridized carbons (Fsp3) is 0.357. The highest BCUT2D eigenvalue weighted by Crippen LogP contribution is 2.43. The van der Waals surface area contributed by atoms with Crippen molar-refractivity contribution in [1.82, 2.24) is 0 Å². The van der Waals surface area contributed by atoms with Crippen molar-refractivity contribution < 1.29 is 10.2 Å². The van der Waals surface area contributed by atoms with Crippen molar-refractivity contribution in [3.05, 3.63) is 93.0 Å². The van der Waals surface area contributed by atoms with E-state index in [1.54, 1.807) is 0 Å². The highest BCUT2D eigenvalue weighted by atomic mass is 16.3. The van der Waals surface area contributed by atoms with Crippen LogP contribution in [0.3, 0.4) is 0 Å². The molecule has 0 aliphatic carbocycles. The third kappa shape index (κ3) is 3.71. The van der Waals surface area contributed by atoms with Crippen molar-refractivity contribution in [3.8, 4) is 11.5 Å². The zero-order chi connectivity index (χ0) is 22.4. The van der Waals surface area contributed by atoms with Crippen molar-refractivity contribution >= 4 is 0 Å². The monoisotopic (exact) mass is 402 g/mol. The molecule has 0 atom stereocenters. The summed E-state index contributed by atoms with van der Waals surface area (Å²) in [4.78, 5) is 0. The van der Waals surface area contributed by atoms with Crippen LogP contribution in [0.4, 0.5) is 0 Å². The third-order valence-corrected chi connectivity index (χ3v) is 6.54. The molecule has 0 aromatic heterocycles. The molecule has 2 nitrogen and oxygen atoms in total. The van der Waals surface area contributed by atoms with Crippen LogP contribution in [0, 0.1) is 27.7 Å². The average molecular weight is 403 g/mol. The van der Waals surface area contributed by atoms with Crippen molar-refractivity contribution in [1.29, 1.82) is 0 Å². The lowest BCUT2D eigenvalue weighted by Gasteiger charge is -2.32. The molecule has 0 amide bonds. The molecule has 0 spiro atoms. The third-order valence-electron chi connectivity index (χ3n) is 6.54. The van der Waals surface area contributed by atoms with Crippen molar-refractivity contribution in [2.75, 3.05) is 0 Å². The molecule has 0 fully saturated rings. The molecule has 3 aromatic rings. The Bertz CT molecular complexity index is 1020. The highest BCUT2D eigenvalue weighted by Gasteiger charge is 2.31. The summed E-state index contributed by atoms with van der Waals surface area (Å²) >= 11 is 0. The smallest absolute Gasteiger partial charge is 0.122 e. The minimum Gasteiger partial charge on any atom is -0.507 e. The maximum Gasteiger partial charge on any atom is 0.122 e. The van der Waals surface area contributed by atoms with Gasteiger partial charge < -0.3 is 10.2 Å². The van der Waals surface area contributed by atoms with Gasteiger partial charge in [-0.3, -0.25) is 0 Å². The Balaban J connectivity index is 2.15. The second-order valence-electron chi connectivity index (χ2n) is 9.79. The molecule has 0 bridgehead atoms. The minimum absolute atomic E-state index is 0.363. The van der Waals surface area contributed by atoms with E-state index in [1.807, 2.05) is 26.0 Å². The van der Waals surface area contributed by atoms with Gasteiger partial charge in [-0.1, -0.05) is 87.4 Å². The Kier molecular flexibility index (Phi) is 5.49. The van der Waals surface area contributed by atoms with E-state index in [0.29, 0.717) is 11.5 Å². The summed E-state index contributed by atoms with van der Waals surface area (Å²) in [7, 11) is 0. The van der Waals surface area contributed by atoms with Gasteiger partial charge in [0.1, 0.15) is 11.5 Å². The fourth-order valence-corrected chi connectivity index (χ4v) is 4.48. The van der Waals surface area contributed by atoms with Crippen LogP contribution in [0.5, 0.6) is 11.5 Å². The lowest BCUT2D eigenvalue weighted by atomic mass is 9.72. The molecule has 0 saturated carbocycles. The Morgan fingerprint density at radius 3 is 1.30 bits per heavy atom. The van der Waals surface area contributed by atoms with Gasteiger partial charge in [0, 0.05) is 22.0 Å². The van der Waals surface area contributed by atoms with Crippen LogP contribution in [0.1, 0.15) is 72.2 Å². The van der Waals surface area contributed by atoms with Gasteiger partial charge in [0.15, 0.2) is 0 Å². The van der Waals surface area contributed by atoms with Crippen LogP contribution in [0.15, 0.2) is 48.5 Å². The molecule has 0 radical (unpaired) electrons. The number of aromatic hydroxyl groups is 2. The second-order valence-corrected chi connectivity index (χ2v) is 9.79. The zero-order valence-electron chi connectivity index (χ0n) is 19.5. The van der Waals surface area contributed by atoms with Crippen LogP contribution in [0.2, 0.25) is 0 Å². The quantitative estimate of drug-likeness (QED) is 0.494. The summed E-state index contributed by atoms with van der Waals surface area (Å²) in [5.74, 6) is 0.726. The number of hydrogen-bond donors (Lipinski definition) is 2. The first-order valence-electron chi connectivity index (χ1n) is 10.6. The Morgan fingerprint density at radius 1 is 0.567 bits per heavy atom. The summed E-state index contributed by atoms with van der Waals surface area (Å²) in [5, 5.41) is 21.6. The molecule has 0 aliphatic heterocycles. The Hall–Kier alpha value is -2.74. The number of aryl methyl sites for hydroxylation is 4. The van der Waals surface area contributed by atoms with Crippen molar-refractivity contribution in [3.63, 3.8) is 0 Å². The molecule has 2 heteroatoms. The second kappa shape index (κ2) is 7.50. The molecular weight excluding hydrogens is 368 g/mol. The van der Waals surface area contributed by atoms with Gasteiger partial charge in [-0.15, -0.1) is 0 Å². The molecule has 0 aliphatic rings. The Labute approximate surface area is 181 Å². The van der Waals surface area contributed by atoms with Gasteiger partial charge >= 0.3 is 0 Å². The van der Waals surface area contributed by atoms with E-state index >= 15 is 0 Å². The summed E-state index contributed by atoms with van der Waals surface area (Å²) in [6.45, 7) is 16.6. The highest BCUT2D eigenvalue weighted by molar-refractivity contribution is 5.54. The standard InChI is InChI=1S/C28H34O2/c1-17-12-19(3)25(29)23(14-17)27(5,6)21-10-9-11-22(16-21)28(7,8)24-15-18(2)13-20(4)26(24)30/h9-16,29-30H,1-8H3. The molecule has 30 heavy (non-hydrogen) atoms. The molecule has 0 heterocycles. The van der Waals surface area contributed by atoms with E-state index < -0.39 is 0 Å². The predicted octanol–water partition coefficient (Wildman–Crippen LogP) is 6.98. The lowest BCUT2D eigenvalue weighted by molar-refractivity contribution is 0.447. The summed E-state index contributed by atoms with van der Waals surface area (Å²) in [5.41, 5.74) is 7.50. The summed E-state index contributed by atoms with van der Waals surface area (Å²) < 4.78 is 0. The summed E-state index contributed by atoms with van der Waals surface area (Å²) in [6.07, 6.45) is 0. The van der Waals surface area contributed by atoms with Crippen molar-refractivity contribution in [2.45, 2.75) is 66.2 Å². The molecule has 3 aromatic carbocycles. The molecule has 158 valence electrons. The van der Waals surface area contributed by atoms with E-state index in [9.17, 15) is 10.2 Å². The van der Waals surface area contributed by atoms with Crippen LogP contribution in [0.25, 0.3) is 0 Å². The van der Waals surface area contributed by atoms with Crippen molar-refractivity contribution in [2.24, 2.45) is 0 Å². The van der Waals surface area contributed by atoms with Gasteiger partial charge in [-0.25, -0.2) is 0 Å². The van der Waals surface area contributed by atoms with Gasteiger partial charge in [-0.2, -0.15) is 0 Å². The topological polar surface area (TPSA) is 40.5 Å². The van der Waals surface area contributed by atoms with Gasteiger partial charge in [0.25, 0.3) is 0 Å². The molecule has 3 rings (SSSR count). The number of hydrogen-bond acceptors (Lipinski definition) is 2. The van der Waals surface area contributed by atoms with Crippen LogP contribution in [-0.2, 0) is 10.8 Å². The van der Waals surface area contributed by atoms with E-state index in [2.05, 4.69) is 77.9 Å². The molecule has 2 N–H and O–H groups in total. The number of benzene rings is 3. The molecule has 0 saturated heterocycles. The van der Waals surface area contributed by atoms with Crippen LogP contribution in [-0.4, -0.2) is 10.2 Å². The first-order valence-corrected chi connectivity index (χ1v) is 10.6. The van der Waals surface area contributed by atoms with Gasteiger partial charge in [0.05, 0.1) is 0 Å². The molecular formula is C28H34O2. The van der Waals surface area contributed by atoms with E-state index in [0.717, 1.165) is 44.5 Å². The predicted molar refractivity (Wildman–Crippen MR) is 126 cm³/mol. The minimum atomic E-state index is -0.364. The SMILES string of the molecule is Cc1cc(C)c(O)c(C(C)(C)c2cccc(C(C)(C)c3cc(C)cc(C)c3O)c2)c1. The first-order chi connectivity index (χ1) is 13.9. The van der Waals surface area contributed by atoms with Crippen LogP contribution < -0.4 is 0 Å². The number of phenolic OH excluding ortho intramolecular Hbond substituents is 2. The van der Waals surface area contributed by atoms with Crippen LogP contribution >= 0.6 is 0 Å². The largest absolute Gasteiger partial charge is 0.507 e.